The van der Waals surface area contributed by atoms with Crippen molar-refractivity contribution in [3.8, 4) is 0 Å². The predicted octanol–water partition coefficient (Wildman–Crippen LogP) is 3.31. The van der Waals surface area contributed by atoms with Crippen LogP contribution in [0.3, 0.4) is 0 Å². The van der Waals surface area contributed by atoms with Gasteiger partial charge in [-0.1, -0.05) is 35.9 Å². The van der Waals surface area contributed by atoms with E-state index in [4.69, 9.17) is 17.3 Å². The zero-order chi connectivity index (χ0) is 17.1. The van der Waals surface area contributed by atoms with Gasteiger partial charge in [0.25, 0.3) is 5.91 Å². The highest BCUT2D eigenvalue weighted by molar-refractivity contribution is 6.30. The molecule has 0 radical (unpaired) electrons. The Morgan fingerprint density at radius 2 is 2.04 bits per heavy atom. The largest absolute Gasteiger partial charge is 0.394 e. The second-order valence-corrected chi connectivity index (χ2v) is 6.56. The van der Waals surface area contributed by atoms with Gasteiger partial charge in [-0.25, -0.2) is 0 Å². The molecule has 1 fully saturated rings. The lowest BCUT2D eigenvalue weighted by Gasteiger charge is -2.25. The van der Waals surface area contributed by atoms with Crippen LogP contribution in [0.1, 0.15) is 46.4 Å². The number of hydrogen-bond acceptors (Lipinski definition) is 3. The van der Waals surface area contributed by atoms with Crippen molar-refractivity contribution in [1.29, 1.82) is 0 Å². The SMILES string of the molecule is NC(CO)c1cccc(C(=O)N2CCCC2c2ccc(Cl)cc2)c1. The van der Waals surface area contributed by atoms with Crippen LogP contribution in [0.25, 0.3) is 0 Å². The lowest BCUT2D eigenvalue weighted by molar-refractivity contribution is 0.0735. The van der Waals surface area contributed by atoms with Gasteiger partial charge >= 0.3 is 0 Å². The van der Waals surface area contributed by atoms with Crippen molar-refractivity contribution in [2.45, 2.75) is 24.9 Å². The highest BCUT2D eigenvalue weighted by Gasteiger charge is 2.30. The van der Waals surface area contributed by atoms with Crippen LogP contribution in [0.2, 0.25) is 5.02 Å². The molecular formula is C19H21ClN2O2. The zero-order valence-corrected chi connectivity index (χ0v) is 14.1. The monoisotopic (exact) mass is 344 g/mol. The second-order valence-electron chi connectivity index (χ2n) is 6.12. The Balaban J connectivity index is 1.84. The van der Waals surface area contributed by atoms with E-state index in [0.717, 1.165) is 30.5 Å². The topological polar surface area (TPSA) is 66.6 Å². The number of benzene rings is 2. The molecule has 1 heterocycles. The summed E-state index contributed by atoms with van der Waals surface area (Å²) in [4.78, 5) is 14.9. The summed E-state index contributed by atoms with van der Waals surface area (Å²) in [6.07, 6.45) is 1.93. The van der Waals surface area contributed by atoms with E-state index < -0.39 is 6.04 Å². The maximum absolute atomic E-state index is 13.0. The van der Waals surface area contributed by atoms with Crippen LogP contribution in [0.5, 0.6) is 0 Å². The Labute approximate surface area is 146 Å². The van der Waals surface area contributed by atoms with Gasteiger partial charge in [-0.15, -0.1) is 0 Å². The minimum Gasteiger partial charge on any atom is -0.394 e. The summed E-state index contributed by atoms with van der Waals surface area (Å²) in [5, 5.41) is 9.91. The second kappa shape index (κ2) is 7.34. The first-order chi connectivity index (χ1) is 11.6. The Hall–Kier alpha value is -1.88. The van der Waals surface area contributed by atoms with Gasteiger partial charge in [0.15, 0.2) is 0 Å². The molecule has 2 aromatic rings. The first kappa shape index (κ1) is 17.0. The van der Waals surface area contributed by atoms with Gasteiger partial charge in [-0.3, -0.25) is 4.79 Å². The summed E-state index contributed by atoms with van der Waals surface area (Å²) in [5.41, 5.74) is 8.34. The van der Waals surface area contributed by atoms with Crippen molar-refractivity contribution in [3.63, 3.8) is 0 Å². The molecule has 3 rings (SSSR count). The van der Waals surface area contributed by atoms with E-state index in [2.05, 4.69) is 0 Å². The van der Waals surface area contributed by atoms with Crippen molar-refractivity contribution in [3.05, 3.63) is 70.2 Å². The van der Waals surface area contributed by atoms with Crippen molar-refractivity contribution >= 4 is 17.5 Å². The number of nitrogens with zero attached hydrogens (tertiary/aromatic N) is 1. The van der Waals surface area contributed by atoms with Crippen LogP contribution in [-0.4, -0.2) is 29.1 Å². The highest BCUT2D eigenvalue weighted by atomic mass is 35.5. The van der Waals surface area contributed by atoms with Crippen molar-refractivity contribution in [2.75, 3.05) is 13.2 Å². The molecule has 1 aliphatic heterocycles. The van der Waals surface area contributed by atoms with Crippen molar-refractivity contribution < 1.29 is 9.90 Å². The molecule has 1 saturated heterocycles. The standard InChI is InChI=1S/C19H21ClN2O2/c20-16-8-6-13(7-9-16)18-5-2-10-22(18)19(24)15-4-1-3-14(11-15)17(21)12-23/h1,3-4,6-9,11,17-18,23H,2,5,10,12,21H2. The van der Waals surface area contributed by atoms with E-state index >= 15 is 0 Å². The molecular weight excluding hydrogens is 324 g/mol. The third-order valence-corrected chi connectivity index (χ3v) is 4.78. The molecule has 0 bridgehead atoms. The molecule has 3 N–H and O–H groups in total. The summed E-state index contributed by atoms with van der Waals surface area (Å²) >= 11 is 5.96. The molecule has 1 aliphatic rings. The average Bonchev–Trinajstić information content (AvgIpc) is 3.10. The first-order valence-corrected chi connectivity index (χ1v) is 8.51. The van der Waals surface area contributed by atoms with E-state index in [1.54, 1.807) is 12.1 Å². The Morgan fingerprint density at radius 3 is 2.75 bits per heavy atom. The molecule has 0 aromatic heterocycles. The van der Waals surface area contributed by atoms with E-state index in [9.17, 15) is 9.90 Å². The number of likely N-dealkylation sites (tertiary alicyclic amines) is 1. The fourth-order valence-electron chi connectivity index (χ4n) is 3.21. The van der Waals surface area contributed by atoms with Crippen LogP contribution < -0.4 is 5.73 Å². The fourth-order valence-corrected chi connectivity index (χ4v) is 3.34. The molecule has 1 amide bonds. The molecule has 2 aromatic carbocycles. The van der Waals surface area contributed by atoms with E-state index in [1.165, 1.54) is 0 Å². The summed E-state index contributed by atoms with van der Waals surface area (Å²) in [5.74, 6) is -0.000519. The third-order valence-electron chi connectivity index (χ3n) is 4.53. The molecule has 126 valence electrons. The average molecular weight is 345 g/mol. The van der Waals surface area contributed by atoms with Gasteiger partial charge in [-0.2, -0.15) is 0 Å². The number of aliphatic hydroxyl groups is 1. The lowest BCUT2D eigenvalue weighted by atomic mass is 10.0. The smallest absolute Gasteiger partial charge is 0.254 e. The number of carbonyl (C=O) groups is 1. The minimum absolute atomic E-state index is 0.000519. The van der Waals surface area contributed by atoms with Crippen LogP contribution >= 0.6 is 11.6 Å². The number of nitrogens with two attached hydrogens (primary N) is 1. The van der Waals surface area contributed by atoms with Crippen LogP contribution in [0, 0.1) is 0 Å². The van der Waals surface area contributed by atoms with Crippen LogP contribution in [-0.2, 0) is 0 Å². The van der Waals surface area contributed by atoms with Gasteiger partial charge in [-0.05, 0) is 48.2 Å². The molecule has 0 aliphatic carbocycles. The molecule has 4 nitrogen and oxygen atoms in total. The van der Waals surface area contributed by atoms with Gasteiger partial charge in [0.05, 0.1) is 18.7 Å². The van der Waals surface area contributed by atoms with Gasteiger partial charge in [0.1, 0.15) is 0 Å². The summed E-state index contributed by atoms with van der Waals surface area (Å²) in [6, 6.07) is 14.5. The van der Waals surface area contributed by atoms with E-state index in [1.807, 2.05) is 41.3 Å². The number of rotatable bonds is 4. The Kier molecular flexibility index (Phi) is 5.19. The highest BCUT2D eigenvalue weighted by Crippen LogP contribution is 2.33. The number of halogens is 1. The molecule has 0 saturated carbocycles. The van der Waals surface area contributed by atoms with Gasteiger partial charge in [0, 0.05) is 17.1 Å². The lowest BCUT2D eigenvalue weighted by Crippen LogP contribution is -2.30. The number of aliphatic hydroxyl groups excluding tert-OH is 1. The third kappa shape index (κ3) is 3.46. The quantitative estimate of drug-likeness (QED) is 0.894. The molecule has 2 unspecified atom stereocenters. The Morgan fingerprint density at radius 1 is 1.29 bits per heavy atom. The number of hydrogen-bond donors (Lipinski definition) is 2. The summed E-state index contributed by atoms with van der Waals surface area (Å²) in [6.45, 7) is 0.594. The van der Waals surface area contributed by atoms with E-state index in [0.29, 0.717) is 10.6 Å². The van der Waals surface area contributed by atoms with Gasteiger partial charge in [0.2, 0.25) is 0 Å². The number of carbonyl (C=O) groups excluding carboxylic acids is 1. The molecule has 24 heavy (non-hydrogen) atoms. The molecule has 5 heteroatoms. The van der Waals surface area contributed by atoms with Crippen LogP contribution in [0.15, 0.2) is 48.5 Å². The zero-order valence-electron chi connectivity index (χ0n) is 13.4. The summed E-state index contributed by atoms with van der Waals surface area (Å²) in [7, 11) is 0. The fraction of sp³-hybridized carbons (Fsp3) is 0.316. The predicted molar refractivity (Wildman–Crippen MR) is 94.9 cm³/mol. The maximum atomic E-state index is 13.0. The first-order valence-electron chi connectivity index (χ1n) is 8.13. The number of amides is 1. The molecule has 2 atom stereocenters. The van der Waals surface area contributed by atoms with Crippen molar-refractivity contribution in [1.82, 2.24) is 4.90 Å². The maximum Gasteiger partial charge on any atom is 0.254 e. The Bertz CT molecular complexity index is 718. The minimum atomic E-state index is -0.469. The molecule has 0 spiro atoms. The van der Waals surface area contributed by atoms with Crippen LogP contribution in [0.4, 0.5) is 0 Å². The van der Waals surface area contributed by atoms with Gasteiger partial charge < -0.3 is 15.7 Å². The normalized spacial score (nSPS) is 18.6. The van der Waals surface area contributed by atoms with E-state index in [-0.39, 0.29) is 18.6 Å². The summed E-state index contributed by atoms with van der Waals surface area (Å²) < 4.78 is 0. The van der Waals surface area contributed by atoms with Crippen molar-refractivity contribution in [2.24, 2.45) is 5.73 Å².